The lowest BCUT2D eigenvalue weighted by Gasteiger charge is -2.24. The van der Waals surface area contributed by atoms with Gasteiger partial charge in [0.1, 0.15) is 0 Å². The van der Waals surface area contributed by atoms with Crippen molar-refractivity contribution in [3.05, 3.63) is 11.7 Å². The van der Waals surface area contributed by atoms with E-state index in [0.717, 1.165) is 11.5 Å². The van der Waals surface area contributed by atoms with Gasteiger partial charge in [0.25, 0.3) is 0 Å². The van der Waals surface area contributed by atoms with Crippen molar-refractivity contribution in [2.75, 3.05) is 11.5 Å². The van der Waals surface area contributed by atoms with E-state index < -0.39 is 18.7 Å². The van der Waals surface area contributed by atoms with Crippen LogP contribution in [0.5, 0.6) is 0 Å². The highest BCUT2D eigenvalue weighted by atomic mass is 32.2. The fourth-order valence-corrected chi connectivity index (χ4v) is 4.34. The molecule has 1 aliphatic rings. The standard InChI is InChI=1S/C10H13F3N2O2S2/c1-5-8(19-3-2-18-5)9-14-7(17-15-9)4-6(16)10(11,12)13/h5-6,8,16H,2-4H2,1H3. The number of rotatable bonds is 3. The van der Waals surface area contributed by atoms with Gasteiger partial charge >= 0.3 is 6.18 Å². The van der Waals surface area contributed by atoms with Crippen LogP contribution in [0.15, 0.2) is 4.52 Å². The fraction of sp³-hybridized carbons (Fsp3) is 0.800. The second kappa shape index (κ2) is 5.92. The zero-order chi connectivity index (χ0) is 14.0. The van der Waals surface area contributed by atoms with Crippen LogP contribution in [-0.4, -0.2) is 44.3 Å². The highest BCUT2D eigenvalue weighted by Gasteiger charge is 2.39. The van der Waals surface area contributed by atoms with Crippen molar-refractivity contribution in [1.29, 1.82) is 0 Å². The molecule has 1 aromatic rings. The number of thioether (sulfide) groups is 2. The lowest BCUT2D eigenvalue weighted by atomic mass is 10.2. The van der Waals surface area contributed by atoms with Gasteiger partial charge in [-0.2, -0.15) is 29.9 Å². The molecule has 3 unspecified atom stereocenters. The molecule has 2 heterocycles. The number of alkyl halides is 3. The van der Waals surface area contributed by atoms with Gasteiger partial charge in [-0.25, -0.2) is 0 Å². The number of aliphatic hydroxyl groups excluding tert-OH is 1. The Hall–Kier alpha value is -0.410. The molecule has 0 amide bonds. The highest BCUT2D eigenvalue weighted by Crippen LogP contribution is 2.41. The molecule has 2 rings (SSSR count). The molecule has 0 radical (unpaired) electrons. The average Bonchev–Trinajstić information content (AvgIpc) is 2.76. The molecule has 0 saturated carbocycles. The predicted molar refractivity (Wildman–Crippen MR) is 67.2 cm³/mol. The summed E-state index contributed by atoms with van der Waals surface area (Å²) in [4.78, 5) is 3.97. The Kier molecular flexibility index (Phi) is 4.67. The Morgan fingerprint density at radius 1 is 1.42 bits per heavy atom. The second-order valence-electron chi connectivity index (χ2n) is 4.18. The van der Waals surface area contributed by atoms with E-state index in [9.17, 15) is 13.2 Å². The van der Waals surface area contributed by atoms with Gasteiger partial charge in [-0.3, -0.25) is 0 Å². The number of halogens is 3. The van der Waals surface area contributed by atoms with Gasteiger partial charge in [0, 0.05) is 16.8 Å². The Balaban J connectivity index is 2.02. The molecule has 108 valence electrons. The van der Waals surface area contributed by atoms with Crippen LogP contribution in [0.1, 0.15) is 23.9 Å². The fourth-order valence-electron chi connectivity index (χ4n) is 1.66. The third-order valence-electron chi connectivity index (χ3n) is 2.67. The van der Waals surface area contributed by atoms with Gasteiger partial charge in [-0.1, -0.05) is 12.1 Å². The van der Waals surface area contributed by atoms with Crippen molar-refractivity contribution in [3.63, 3.8) is 0 Å². The molecule has 0 aliphatic carbocycles. The zero-order valence-electron chi connectivity index (χ0n) is 10.1. The first-order chi connectivity index (χ1) is 8.88. The first kappa shape index (κ1) is 15.0. The first-order valence-electron chi connectivity index (χ1n) is 5.68. The monoisotopic (exact) mass is 314 g/mol. The van der Waals surface area contributed by atoms with Gasteiger partial charge in [0.2, 0.25) is 5.89 Å². The smallest absolute Gasteiger partial charge is 0.383 e. The van der Waals surface area contributed by atoms with E-state index in [-0.39, 0.29) is 16.4 Å². The Bertz CT molecular complexity index is 427. The minimum atomic E-state index is -4.67. The van der Waals surface area contributed by atoms with Crippen LogP contribution in [0, 0.1) is 0 Å². The largest absolute Gasteiger partial charge is 0.414 e. The number of nitrogens with zero attached hydrogens (tertiary/aromatic N) is 2. The van der Waals surface area contributed by atoms with Gasteiger partial charge < -0.3 is 9.63 Å². The molecule has 4 nitrogen and oxygen atoms in total. The van der Waals surface area contributed by atoms with Crippen molar-refractivity contribution in [1.82, 2.24) is 10.1 Å². The molecular formula is C10H13F3N2O2S2. The maximum atomic E-state index is 12.2. The maximum Gasteiger partial charge on any atom is 0.414 e. The van der Waals surface area contributed by atoms with E-state index in [4.69, 9.17) is 9.63 Å². The van der Waals surface area contributed by atoms with E-state index in [1.54, 1.807) is 23.5 Å². The molecule has 3 atom stereocenters. The van der Waals surface area contributed by atoms with Crippen LogP contribution in [0.3, 0.4) is 0 Å². The summed E-state index contributed by atoms with van der Waals surface area (Å²) in [6, 6.07) is 0. The molecule has 0 aromatic carbocycles. The van der Waals surface area contributed by atoms with Crippen LogP contribution < -0.4 is 0 Å². The predicted octanol–water partition coefficient (Wildman–Crippen LogP) is 2.44. The van der Waals surface area contributed by atoms with Gasteiger partial charge in [0.15, 0.2) is 11.9 Å². The van der Waals surface area contributed by atoms with Gasteiger partial charge in [0.05, 0.1) is 11.7 Å². The summed E-state index contributed by atoms with van der Waals surface area (Å²) in [5.74, 6) is 2.23. The number of hydrogen-bond donors (Lipinski definition) is 1. The molecule has 1 aliphatic heterocycles. The third-order valence-corrected chi connectivity index (χ3v) is 5.76. The minimum absolute atomic E-state index is 0.0271. The van der Waals surface area contributed by atoms with Crippen LogP contribution in [0.25, 0.3) is 0 Å². The van der Waals surface area contributed by atoms with Crippen LogP contribution in [0.2, 0.25) is 0 Å². The van der Waals surface area contributed by atoms with Crippen molar-refractivity contribution in [2.45, 2.75) is 36.1 Å². The Morgan fingerprint density at radius 3 is 2.74 bits per heavy atom. The van der Waals surface area contributed by atoms with Crippen LogP contribution in [0.4, 0.5) is 13.2 Å². The topological polar surface area (TPSA) is 59.2 Å². The summed E-state index contributed by atoms with van der Waals surface area (Å²) in [7, 11) is 0. The molecule has 9 heteroatoms. The number of hydrogen-bond acceptors (Lipinski definition) is 6. The summed E-state index contributed by atoms with van der Waals surface area (Å²) in [5, 5.41) is 13.0. The van der Waals surface area contributed by atoms with Crippen molar-refractivity contribution < 1.29 is 22.8 Å². The summed E-state index contributed by atoms with van der Waals surface area (Å²) >= 11 is 3.45. The summed E-state index contributed by atoms with van der Waals surface area (Å²) < 4.78 is 41.4. The third kappa shape index (κ3) is 3.79. The Labute approximate surface area is 116 Å². The van der Waals surface area contributed by atoms with Crippen molar-refractivity contribution in [3.8, 4) is 0 Å². The quantitative estimate of drug-likeness (QED) is 0.925. The van der Waals surface area contributed by atoms with Gasteiger partial charge in [-0.05, 0) is 0 Å². The van der Waals surface area contributed by atoms with Gasteiger partial charge in [-0.15, -0.1) is 11.8 Å². The first-order valence-corrected chi connectivity index (χ1v) is 7.78. The van der Waals surface area contributed by atoms with Crippen LogP contribution in [-0.2, 0) is 6.42 Å². The molecule has 19 heavy (non-hydrogen) atoms. The highest BCUT2D eigenvalue weighted by molar-refractivity contribution is 8.06. The number of aromatic nitrogens is 2. The van der Waals surface area contributed by atoms with E-state index in [2.05, 4.69) is 10.1 Å². The lowest BCUT2D eigenvalue weighted by molar-refractivity contribution is -0.204. The molecule has 1 fully saturated rings. The summed E-state index contributed by atoms with van der Waals surface area (Å²) in [6.07, 6.45) is -7.83. The number of aliphatic hydroxyl groups is 1. The summed E-state index contributed by atoms with van der Waals surface area (Å²) in [5.41, 5.74) is 0. The van der Waals surface area contributed by atoms with E-state index in [0.29, 0.717) is 5.82 Å². The normalized spacial score (nSPS) is 26.4. The molecule has 0 spiro atoms. The van der Waals surface area contributed by atoms with Crippen molar-refractivity contribution in [2.24, 2.45) is 0 Å². The maximum absolute atomic E-state index is 12.2. The summed E-state index contributed by atoms with van der Waals surface area (Å²) in [6.45, 7) is 2.03. The second-order valence-corrected chi connectivity index (χ2v) is 6.91. The minimum Gasteiger partial charge on any atom is -0.383 e. The molecule has 1 saturated heterocycles. The van der Waals surface area contributed by atoms with Crippen LogP contribution >= 0.6 is 23.5 Å². The average molecular weight is 314 g/mol. The van der Waals surface area contributed by atoms with Crippen molar-refractivity contribution >= 4 is 23.5 Å². The molecule has 0 bridgehead atoms. The molecule has 1 N–H and O–H groups in total. The lowest BCUT2D eigenvalue weighted by Crippen LogP contribution is -2.30. The van der Waals surface area contributed by atoms with E-state index in [1.165, 1.54) is 0 Å². The van der Waals surface area contributed by atoms with E-state index in [1.807, 2.05) is 6.92 Å². The molecule has 1 aromatic heterocycles. The van der Waals surface area contributed by atoms with E-state index >= 15 is 0 Å². The zero-order valence-corrected chi connectivity index (χ0v) is 11.7. The molecular weight excluding hydrogens is 301 g/mol. The Morgan fingerprint density at radius 2 is 2.11 bits per heavy atom. The SMILES string of the molecule is CC1SCCSC1c1noc(CC(O)C(F)(F)F)n1.